The monoisotopic (exact) mass is 395 g/mol. The third-order valence-electron chi connectivity index (χ3n) is 4.82. The Morgan fingerprint density at radius 3 is 2.46 bits per heavy atom. The highest BCUT2D eigenvalue weighted by Gasteiger charge is 2.19. The first-order valence-electron chi connectivity index (χ1n) is 9.46. The van der Waals surface area contributed by atoms with Gasteiger partial charge in [-0.1, -0.05) is 31.5 Å². The first-order chi connectivity index (χ1) is 13.4. The fraction of sp³-hybridized carbons (Fsp3) is 0.304. The Bertz CT molecular complexity index is 999. The number of hydrogen-bond acceptors (Lipinski definition) is 4. The molecule has 0 aliphatic carbocycles. The summed E-state index contributed by atoms with van der Waals surface area (Å²) >= 11 is 1.43. The van der Waals surface area contributed by atoms with Crippen molar-refractivity contribution in [3.63, 3.8) is 0 Å². The number of aryl methyl sites for hydroxylation is 3. The van der Waals surface area contributed by atoms with Crippen LogP contribution >= 0.6 is 11.3 Å². The maximum Gasteiger partial charge on any atom is 0.348 e. The molecule has 0 saturated heterocycles. The largest absolute Gasteiger partial charge is 0.453 e. The van der Waals surface area contributed by atoms with Gasteiger partial charge in [-0.25, -0.2) is 4.79 Å². The zero-order chi connectivity index (χ0) is 20.3. The lowest BCUT2D eigenvalue weighted by Gasteiger charge is -2.09. The summed E-state index contributed by atoms with van der Waals surface area (Å²) in [7, 11) is 0. The Morgan fingerprint density at radius 1 is 1.07 bits per heavy atom. The number of benzene rings is 1. The molecule has 0 bridgehead atoms. The number of Topliss-reactive ketones (excluding diaryl/α,β-unsaturated/α-hetero) is 1. The molecule has 2 heterocycles. The van der Waals surface area contributed by atoms with Gasteiger partial charge in [0.1, 0.15) is 4.88 Å². The lowest BCUT2D eigenvalue weighted by molar-refractivity contribution is 0.0479. The zero-order valence-electron chi connectivity index (χ0n) is 16.7. The van der Waals surface area contributed by atoms with Crippen molar-refractivity contribution in [1.82, 2.24) is 4.57 Å². The van der Waals surface area contributed by atoms with Gasteiger partial charge in [0.05, 0.1) is 0 Å². The predicted molar refractivity (Wildman–Crippen MR) is 113 cm³/mol. The molecule has 0 spiro atoms. The molecule has 0 atom stereocenters. The molecule has 5 heteroatoms. The molecule has 0 radical (unpaired) electrons. The highest BCUT2D eigenvalue weighted by Crippen LogP contribution is 2.24. The molecule has 0 saturated carbocycles. The van der Waals surface area contributed by atoms with Crippen LogP contribution in [0.1, 0.15) is 55.2 Å². The Labute approximate surface area is 169 Å². The predicted octanol–water partition coefficient (Wildman–Crippen LogP) is 5.46. The number of rotatable bonds is 7. The van der Waals surface area contributed by atoms with Crippen LogP contribution in [0, 0.1) is 20.8 Å². The average Bonchev–Trinajstić information content (AvgIpc) is 3.20. The smallest absolute Gasteiger partial charge is 0.348 e. The minimum Gasteiger partial charge on any atom is -0.453 e. The van der Waals surface area contributed by atoms with Gasteiger partial charge < -0.3 is 9.30 Å². The van der Waals surface area contributed by atoms with Crippen LogP contribution in [0.25, 0.3) is 5.69 Å². The maximum atomic E-state index is 12.7. The van der Waals surface area contributed by atoms with Gasteiger partial charge in [0.25, 0.3) is 0 Å². The van der Waals surface area contributed by atoms with Crippen molar-refractivity contribution >= 4 is 23.1 Å². The highest BCUT2D eigenvalue weighted by molar-refractivity contribution is 7.14. The molecule has 28 heavy (non-hydrogen) atoms. The van der Waals surface area contributed by atoms with Gasteiger partial charge in [-0.15, -0.1) is 11.3 Å². The van der Waals surface area contributed by atoms with E-state index in [9.17, 15) is 9.59 Å². The molecule has 0 aliphatic rings. The van der Waals surface area contributed by atoms with Crippen LogP contribution in [-0.4, -0.2) is 22.9 Å². The third kappa shape index (κ3) is 4.09. The third-order valence-corrected chi connectivity index (χ3v) is 5.89. The van der Waals surface area contributed by atoms with E-state index in [1.54, 1.807) is 0 Å². The fourth-order valence-electron chi connectivity index (χ4n) is 3.44. The van der Waals surface area contributed by atoms with Crippen LogP contribution in [0.5, 0.6) is 0 Å². The van der Waals surface area contributed by atoms with Gasteiger partial charge in [-0.2, -0.15) is 0 Å². The maximum absolute atomic E-state index is 12.7. The second kappa shape index (κ2) is 8.57. The van der Waals surface area contributed by atoms with E-state index in [4.69, 9.17) is 4.74 Å². The molecule has 0 N–H and O–H groups in total. The second-order valence-electron chi connectivity index (χ2n) is 6.90. The molecule has 1 aromatic carbocycles. The average molecular weight is 396 g/mol. The van der Waals surface area contributed by atoms with Gasteiger partial charge in [-0.3, -0.25) is 4.79 Å². The Hall–Kier alpha value is -2.66. The SMILES string of the molecule is CCCc1cc(C(=O)OCC(=O)c2cc(C)n(-c3ccccc3)c2C)sc1C. The topological polar surface area (TPSA) is 48.3 Å². The number of para-hydroxylation sites is 1. The van der Waals surface area contributed by atoms with Crippen molar-refractivity contribution in [1.29, 1.82) is 0 Å². The summed E-state index contributed by atoms with van der Waals surface area (Å²) in [5, 5.41) is 0. The Kier molecular flexibility index (Phi) is 6.15. The number of nitrogens with zero attached hydrogens (tertiary/aromatic N) is 1. The van der Waals surface area contributed by atoms with Crippen molar-refractivity contribution in [3.05, 3.63) is 74.7 Å². The quantitative estimate of drug-likeness (QED) is 0.394. The van der Waals surface area contributed by atoms with Crippen molar-refractivity contribution in [3.8, 4) is 5.69 Å². The van der Waals surface area contributed by atoms with Crippen LogP contribution in [0.15, 0.2) is 42.5 Å². The van der Waals surface area contributed by atoms with E-state index in [1.165, 1.54) is 16.9 Å². The van der Waals surface area contributed by atoms with E-state index in [0.29, 0.717) is 10.4 Å². The summed E-state index contributed by atoms with van der Waals surface area (Å²) in [4.78, 5) is 26.7. The first kappa shape index (κ1) is 20.1. The molecule has 4 nitrogen and oxygen atoms in total. The van der Waals surface area contributed by atoms with Crippen molar-refractivity contribution in [2.75, 3.05) is 6.61 Å². The minimum atomic E-state index is -0.430. The molecule has 0 aliphatic heterocycles. The van der Waals surface area contributed by atoms with Crippen molar-refractivity contribution in [2.45, 2.75) is 40.5 Å². The number of ketones is 1. The van der Waals surface area contributed by atoms with Crippen LogP contribution < -0.4 is 0 Å². The summed E-state index contributed by atoms with van der Waals surface area (Å²) in [6.07, 6.45) is 1.97. The molecule has 0 unspecified atom stereocenters. The molecule has 3 aromatic rings. The Morgan fingerprint density at radius 2 is 1.79 bits per heavy atom. The van der Waals surface area contributed by atoms with Gasteiger partial charge in [0.2, 0.25) is 5.78 Å². The van der Waals surface area contributed by atoms with E-state index in [-0.39, 0.29) is 12.4 Å². The number of esters is 1. The molecule has 3 rings (SSSR count). The van der Waals surface area contributed by atoms with Crippen LogP contribution in [0.2, 0.25) is 0 Å². The number of hydrogen-bond donors (Lipinski definition) is 0. The zero-order valence-corrected chi connectivity index (χ0v) is 17.6. The van der Waals surface area contributed by atoms with E-state index >= 15 is 0 Å². The number of ether oxygens (including phenoxy) is 1. The minimum absolute atomic E-state index is 0.189. The van der Waals surface area contributed by atoms with Gasteiger partial charge in [0.15, 0.2) is 6.61 Å². The molecule has 2 aromatic heterocycles. The lowest BCUT2D eigenvalue weighted by atomic mass is 10.1. The summed E-state index contributed by atoms with van der Waals surface area (Å²) < 4.78 is 7.35. The van der Waals surface area contributed by atoms with E-state index in [0.717, 1.165) is 34.8 Å². The summed E-state index contributed by atoms with van der Waals surface area (Å²) in [6, 6.07) is 13.6. The summed E-state index contributed by atoms with van der Waals surface area (Å²) in [5.41, 5.74) is 4.59. The normalized spacial score (nSPS) is 10.9. The summed E-state index contributed by atoms with van der Waals surface area (Å²) in [6.45, 7) is 7.74. The fourth-order valence-corrected chi connectivity index (χ4v) is 4.40. The van der Waals surface area contributed by atoms with Gasteiger partial charge in [-0.05, 0) is 57.0 Å². The van der Waals surface area contributed by atoms with Crippen molar-refractivity contribution in [2.24, 2.45) is 0 Å². The molecule has 0 fully saturated rings. The standard InChI is InChI=1S/C23H25NO3S/c1-5-9-18-13-22(28-17(18)4)23(26)27-14-21(25)20-12-15(2)24(16(20)3)19-10-7-6-8-11-19/h6-8,10-13H,5,9,14H2,1-4H3. The lowest BCUT2D eigenvalue weighted by Crippen LogP contribution is -2.14. The highest BCUT2D eigenvalue weighted by atomic mass is 32.1. The number of carbonyl (C=O) groups excluding carboxylic acids is 2. The van der Waals surface area contributed by atoms with Crippen LogP contribution in [0.3, 0.4) is 0 Å². The van der Waals surface area contributed by atoms with E-state index in [2.05, 4.69) is 6.92 Å². The summed E-state index contributed by atoms with van der Waals surface area (Å²) in [5.74, 6) is -0.619. The molecule has 0 amide bonds. The van der Waals surface area contributed by atoms with Crippen LogP contribution in [0.4, 0.5) is 0 Å². The number of carbonyl (C=O) groups is 2. The van der Waals surface area contributed by atoms with E-state index in [1.807, 2.05) is 67.8 Å². The Balaban J connectivity index is 1.72. The van der Waals surface area contributed by atoms with Crippen LogP contribution in [-0.2, 0) is 11.2 Å². The van der Waals surface area contributed by atoms with Crippen molar-refractivity contribution < 1.29 is 14.3 Å². The molecular formula is C23H25NO3S. The molecule has 146 valence electrons. The first-order valence-corrected chi connectivity index (χ1v) is 10.3. The number of thiophene rings is 1. The van der Waals surface area contributed by atoms with E-state index < -0.39 is 5.97 Å². The van der Waals surface area contributed by atoms with Gasteiger partial charge in [0, 0.05) is 27.5 Å². The number of aromatic nitrogens is 1. The molecular weight excluding hydrogens is 370 g/mol. The van der Waals surface area contributed by atoms with Gasteiger partial charge >= 0.3 is 5.97 Å². The second-order valence-corrected chi connectivity index (χ2v) is 8.15.